The molecular formula is C15H11IO4. The molecule has 0 heterocycles. The molecule has 0 N–H and O–H groups in total. The molecule has 5 heteroatoms. The second-order valence-electron chi connectivity index (χ2n) is 3.89. The van der Waals surface area contributed by atoms with E-state index in [0.717, 1.165) is 3.57 Å². The van der Waals surface area contributed by atoms with E-state index in [1.54, 1.807) is 49.6 Å². The number of hydrogen-bond acceptors (Lipinski definition) is 4. The van der Waals surface area contributed by atoms with Crippen LogP contribution in [0.2, 0.25) is 0 Å². The van der Waals surface area contributed by atoms with Crippen molar-refractivity contribution in [3.8, 4) is 11.5 Å². The zero-order valence-electron chi connectivity index (χ0n) is 10.6. The molecule has 20 heavy (non-hydrogen) atoms. The number of ether oxygens (including phenoxy) is 2. The molecule has 2 rings (SSSR count). The van der Waals surface area contributed by atoms with Gasteiger partial charge in [0, 0.05) is 0 Å². The van der Waals surface area contributed by atoms with Gasteiger partial charge in [0.15, 0.2) is 6.29 Å². The van der Waals surface area contributed by atoms with E-state index in [9.17, 15) is 9.59 Å². The number of carbonyl (C=O) groups excluding carboxylic acids is 2. The highest BCUT2D eigenvalue weighted by molar-refractivity contribution is 14.1. The largest absolute Gasteiger partial charge is 0.496 e. The zero-order valence-corrected chi connectivity index (χ0v) is 12.8. The third-order valence-electron chi connectivity index (χ3n) is 2.64. The van der Waals surface area contributed by atoms with Gasteiger partial charge in [-0.3, -0.25) is 4.79 Å². The first-order valence-corrected chi connectivity index (χ1v) is 6.83. The maximum Gasteiger partial charge on any atom is 0.343 e. The van der Waals surface area contributed by atoms with Crippen LogP contribution < -0.4 is 9.47 Å². The summed E-state index contributed by atoms with van der Waals surface area (Å²) in [7, 11) is 1.57. The number of hydrogen-bond donors (Lipinski definition) is 0. The van der Waals surface area contributed by atoms with Gasteiger partial charge in [0.2, 0.25) is 0 Å². The first kappa shape index (κ1) is 14.5. The van der Waals surface area contributed by atoms with Gasteiger partial charge >= 0.3 is 5.97 Å². The minimum atomic E-state index is -0.514. The van der Waals surface area contributed by atoms with Crippen LogP contribution in [0.1, 0.15) is 20.7 Å². The smallest absolute Gasteiger partial charge is 0.343 e. The molecule has 0 aliphatic heterocycles. The van der Waals surface area contributed by atoms with Crippen molar-refractivity contribution in [3.05, 3.63) is 57.2 Å². The second kappa shape index (κ2) is 6.51. The highest BCUT2D eigenvalue weighted by atomic mass is 127. The van der Waals surface area contributed by atoms with Crippen LogP contribution >= 0.6 is 22.6 Å². The molecule has 2 aromatic carbocycles. The molecule has 0 atom stereocenters. The molecular weight excluding hydrogens is 371 g/mol. The Hall–Kier alpha value is -1.89. The van der Waals surface area contributed by atoms with Crippen molar-refractivity contribution < 1.29 is 19.1 Å². The SMILES string of the molecule is COc1ccc(C(=O)Oc2ccccc2C=O)cc1I. The molecule has 102 valence electrons. The fourth-order valence-electron chi connectivity index (χ4n) is 1.62. The van der Waals surface area contributed by atoms with Gasteiger partial charge in [-0.1, -0.05) is 12.1 Å². The summed E-state index contributed by atoms with van der Waals surface area (Å²) in [5.74, 6) is 0.425. The summed E-state index contributed by atoms with van der Waals surface area (Å²) in [6, 6.07) is 11.6. The predicted octanol–water partition coefficient (Wildman–Crippen LogP) is 3.33. The Kier molecular flexibility index (Phi) is 4.73. The van der Waals surface area contributed by atoms with Crippen LogP contribution in [0.15, 0.2) is 42.5 Å². The first-order chi connectivity index (χ1) is 9.65. The van der Waals surface area contributed by atoms with Gasteiger partial charge in [0.25, 0.3) is 0 Å². The van der Waals surface area contributed by atoms with Crippen molar-refractivity contribution in [3.63, 3.8) is 0 Å². The molecule has 0 radical (unpaired) electrons. The Labute approximate surface area is 129 Å². The van der Waals surface area contributed by atoms with Crippen molar-refractivity contribution in [2.45, 2.75) is 0 Å². The van der Waals surface area contributed by atoms with Gasteiger partial charge < -0.3 is 9.47 Å². The van der Waals surface area contributed by atoms with Gasteiger partial charge in [-0.15, -0.1) is 0 Å². The number of benzene rings is 2. The third kappa shape index (κ3) is 3.16. The van der Waals surface area contributed by atoms with E-state index in [2.05, 4.69) is 22.6 Å². The number of aldehydes is 1. The Morgan fingerprint density at radius 2 is 1.90 bits per heavy atom. The highest BCUT2D eigenvalue weighted by Gasteiger charge is 2.13. The van der Waals surface area contributed by atoms with E-state index in [1.807, 2.05) is 0 Å². The lowest BCUT2D eigenvalue weighted by molar-refractivity contribution is 0.0733. The average molecular weight is 382 g/mol. The number of carbonyl (C=O) groups is 2. The number of halogens is 1. The molecule has 0 fully saturated rings. The summed E-state index contributed by atoms with van der Waals surface area (Å²) in [6.07, 6.45) is 0.653. The molecule has 0 saturated carbocycles. The van der Waals surface area contributed by atoms with Crippen LogP contribution in [0.4, 0.5) is 0 Å². The number of para-hydroxylation sites is 1. The van der Waals surface area contributed by atoms with E-state index in [0.29, 0.717) is 23.2 Å². The zero-order chi connectivity index (χ0) is 14.5. The van der Waals surface area contributed by atoms with Gasteiger partial charge in [-0.25, -0.2) is 4.79 Å². The van der Waals surface area contributed by atoms with Crippen molar-refractivity contribution in [1.29, 1.82) is 0 Å². The van der Waals surface area contributed by atoms with Gasteiger partial charge in [0.1, 0.15) is 11.5 Å². The van der Waals surface area contributed by atoms with Crippen LogP contribution in [-0.4, -0.2) is 19.4 Å². The minimum Gasteiger partial charge on any atom is -0.496 e. The standard InChI is InChI=1S/C15H11IO4/c1-19-14-7-6-10(8-12(14)16)15(18)20-13-5-3-2-4-11(13)9-17/h2-9H,1H3. The average Bonchev–Trinajstić information content (AvgIpc) is 2.47. The van der Waals surface area contributed by atoms with Crippen molar-refractivity contribution >= 4 is 34.8 Å². The quantitative estimate of drug-likeness (QED) is 0.352. The third-order valence-corrected chi connectivity index (χ3v) is 3.48. The molecule has 0 amide bonds. The van der Waals surface area contributed by atoms with Crippen molar-refractivity contribution in [2.24, 2.45) is 0 Å². The molecule has 0 bridgehead atoms. The summed E-state index contributed by atoms with van der Waals surface area (Å²) < 4.78 is 11.2. The van der Waals surface area contributed by atoms with Crippen LogP contribution in [-0.2, 0) is 0 Å². The van der Waals surface area contributed by atoms with Crippen molar-refractivity contribution in [2.75, 3.05) is 7.11 Å². The summed E-state index contributed by atoms with van der Waals surface area (Å²) >= 11 is 2.08. The van der Waals surface area contributed by atoms with E-state index in [1.165, 1.54) is 0 Å². The van der Waals surface area contributed by atoms with E-state index in [4.69, 9.17) is 9.47 Å². The maximum absolute atomic E-state index is 12.1. The monoisotopic (exact) mass is 382 g/mol. The molecule has 0 aliphatic carbocycles. The normalized spacial score (nSPS) is 9.90. The van der Waals surface area contributed by atoms with E-state index in [-0.39, 0.29) is 5.75 Å². The Morgan fingerprint density at radius 3 is 2.55 bits per heavy atom. The van der Waals surface area contributed by atoms with Crippen LogP contribution in [0.3, 0.4) is 0 Å². The summed E-state index contributed by atoms with van der Waals surface area (Å²) in [5.41, 5.74) is 0.736. The minimum absolute atomic E-state index is 0.248. The topological polar surface area (TPSA) is 52.6 Å². The fourth-order valence-corrected chi connectivity index (χ4v) is 2.36. The maximum atomic E-state index is 12.1. The highest BCUT2D eigenvalue weighted by Crippen LogP contribution is 2.23. The van der Waals surface area contributed by atoms with Crippen molar-refractivity contribution in [1.82, 2.24) is 0 Å². The molecule has 0 spiro atoms. The van der Waals surface area contributed by atoms with Crippen LogP contribution in [0, 0.1) is 3.57 Å². The van der Waals surface area contributed by atoms with E-state index < -0.39 is 5.97 Å². The summed E-state index contributed by atoms with van der Waals surface area (Å²) in [5, 5.41) is 0. The first-order valence-electron chi connectivity index (χ1n) is 5.75. The van der Waals surface area contributed by atoms with Gasteiger partial charge in [-0.2, -0.15) is 0 Å². The van der Waals surface area contributed by atoms with E-state index >= 15 is 0 Å². The number of esters is 1. The van der Waals surface area contributed by atoms with Gasteiger partial charge in [0.05, 0.1) is 21.8 Å². The number of rotatable bonds is 4. The summed E-state index contributed by atoms with van der Waals surface area (Å²) in [4.78, 5) is 22.9. The summed E-state index contributed by atoms with van der Waals surface area (Å²) in [6.45, 7) is 0. The van der Waals surface area contributed by atoms with Crippen LogP contribution in [0.5, 0.6) is 11.5 Å². The Morgan fingerprint density at radius 1 is 1.15 bits per heavy atom. The molecule has 0 aliphatic rings. The van der Waals surface area contributed by atoms with Gasteiger partial charge in [-0.05, 0) is 52.9 Å². The molecule has 4 nitrogen and oxygen atoms in total. The fraction of sp³-hybridized carbons (Fsp3) is 0.0667. The lowest BCUT2D eigenvalue weighted by Gasteiger charge is -2.08. The lowest BCUT2D eigenvalue weighted by Crippen LogP contribution is -2.10. The second-order valence-corrected chi connectivity index (χ2v) is 5.06. The van der Waals surface area contributed by atoms with Crippen LogP contribution in [0.25, 0.3) is 0 Å². The predicted molar refractivity (Wildman–Crippen MR) is 82.5 cm³/mol. The molecule has 2 aromatic rings. The Bertz CT molecular complexity index is 652. The number of methoxy groups -OCH3 is 1. The Balaban J connectivity index is 2.24. The molecule has 0 unspecified atom stereocenters. The molecule has 0 saturated heterocycles. The molecule has 0 aromatic heterocycles. The lowest BCUT2D eigenvalue weighted by atomic mass is 10.2.